The third-order valence-corrected chi connectivity index (χ3v) is 6.86. The lowest BCUT2D eigenvalue weighted by molar-refractivity contribution is -0.139. The molecule has 0 aliphatic rings. The number of anilines is 1. The molecule has 0 aliphatic carbocycles. The standard InChI is InChI=1S/C25H34FN3O4S/c1-7-19(4)27-25(31)20(5)28(15-21-9-11-22(26)12-10-21)24(30)16-29(34(6,32)33)23-13-8-17(2)14-18(23)3/h8-14,19-20H,7,15-16H2,1-6H3,(H,27,31). The molecule has 0 aliphatic heterocycles. The van der Waals surface area contributed by atoms with Crippen molar-refractivity contribution in [2.75, 3.05) is 17.1 Å². The van der Waals surface area contributed by atoms with Crippen molar-refractivity contribution in [2.24, 2.45) is 0 Å². The number of carbonyl (C=O) groups is 2. The maximum atomic E-state index is 13.5. The van der Waals surface area contributed by atoms with Crippen molar-refractivity contribution in [3.05, 3.63) is 65.0 Å². The summed E-state index contributed by atoms with van der Waals surface area (Å²) in [7, 11) is -3.79. The highest BCUT2D eigenvalue weighted by Crippen LogP contribution is 2.24. The van der Waals surface area contributed by atoms with Crippen LogP contribution in [0.25, 0.3) is 0 Å². The normalized spacial score (nSPS) is 13.1. The van der Waals surface area contributed by atoms with Crippen LogP contribution in [0, 0.1) is 19.7 Å². The van der Waals surface area contributed by atoms with Crippen molar-refractivity contribution in [1.29, 1.82) is 0 Å². The number of halogens is 1. The fourth-order valence-corrected chi connectivity index (χ4v) is 4.42. The number of nitrogens with one attached hydrogen (secondary N) is 1. The zero-order valence-electron chi connectivity index (χ0n) is 20.6. The number of aryl methyl sites for hydroxylation is 2. The van der Waals surface area contributed by atoms with Crippen molar-refractivity contribution in [3.63, 3.8) is 0 Å². The molecular formula is C25H34FN3O4S. The lowest BCUT2D eigenvalue weighted by Gasteiger charge is -2.32. The minimum Gasteiger partial charge on any atom is -0.352 e. The van der Waals surface area contributed by atoms with Gasteiger partial charge in [0.25, 0.3) is 0 Å². The Bertz CT molecular complexity index is 1120. The van der Waals surface area contributed by atoms with Gasteiger partial charge < -0.3 is 10.2 Å². The molecule has 0 saturated heterocycles. The number of hydrogen-bond acceptors (Lipinski definition) is 4. The van der Waals surface area contributed by atoms with E-state index in [1.807, 2.05) is 26.8 Å². The first-order valence-corrected chi connectivity index (χ1v) is 13.1. The average molecular weight is 492 g/mol. The van der Waals surface area contributed by atoms with Crippen LogP contribution in [-0.4, -0.2) is 50.0 Å². The summed E-state index contributed by atoms with van der Waals surface area (Å²) in [5.41, 5.74) is 2.70. The van der Waals surface area contributed by atoms with E-state index in [1.165, 1.54) is 29.2 Å². The Balaban J connectivity index is 2.41. The number of hydrogen-bond donors (Lipinski definition) is 1. The first kappa shape index (κ1) is 27.3. The highest BCUT2D eigenvalue weighted by Gasteiger charge is 2.30. The minimum atomic E-state index is -3.79. The van der Waals surface area contributed by atoms with Gasteiger partial charge in [-0.1, -0.05) is 36.8 Å². The molecule has 0 spiro atoms. The molecule has 7 nitrogen and oxygen atoms in total. The van der Waals surface area contributed by atoms with Gasteiger partial charge in [0.1, 0.15) is 18.4 Å². The van der Waals surface area contributed by atoms with Gasteiger partial charge >= 0.3 is 0 Å². The van der Waals surface area contributed by atoms with E-state index in [1.54, 1.807) is 26.0 Å². The number of sulfonamides is 1. The van der Waals surface area contributed by atoms with Crippen LogP contribution in [0.3, 0.4) is 0 Å². The van der Waals surface area contributed by atoms with Crippen molar-refractivity contribution >= 4 is 27.5 Å². The maximum absolute atomic E-state index is 13.5. The van der Waals surface area contributed by atoms with Crippen LogP contribution in [0.4, 0.5) is 10.1 Å². The van der Waals surface area contributed by atoms with Crippen molar-refractivity contribution in [1.82, 2.24) is 10.2 Å². The molecule has 2 rings (SSSR count). The quantitative estimate of drug-likeness (QED) is 0.551. The van der Waals surface area contributed by atoms with E-state index in [2.05, 4.69) is 5.32 Å². The Kier molecular flexibility index (Phi) is 9.21. The van der Waals surface area contributed by atoms with Gasteiger partial charge in [-0.3, -0.25) is 13.9 Å². The van der Waals surface area contributed by atoms with Gasteiger partial charge in [-0.2, -0.15) is 0 Å². The van der Waals surface area contributed by atoms with Crippen LogP contribution in [0.5, 0.6) is 0 Å². The third kappa shape index (κ3) is 7.28. The van der Waals surface area contributed by atoms with E-state index in [4.69, 9.17) is 0 Å². The van der Waals surface area contributed by atoms with Gasteiger partial charge in [0, 0.05) is 12.6 Å². The van der Waals surface area contributed by atoms with Crippen LogP contribution >= 0.6 is 0 Å². The van der Waals surface area contributed by atoms with E-state index in [0.717, 1.165) is 22.5 Å². The van der Waals surface area contributed by atoms with Crippen LogP contribution in [0.2, 0.25) is 0 Å². The van der Waals surface area contributed by atoms with E-state index in [-0.39, 0.29) is 18.5 Å². The largest absolute Gasteiger partial charge is 0.352 e. The topological polar surface area (TPSA) is 86.8 Å². The Hall–Kier alpha value is -2.94. The van der Waals surface area contributed by atoms with Crippen LogP contribution in [-0.2, 0) is 26.2 Å². The maximum Gasteiger partial charge on any atom is 0.244 e. The highest BCUT2D eigenvalue weighted by atomic mass is 32.2. The SMILES string of the molecule is CCC(C)NC(=O)C(C)N(Cc1ccc(F)cc1)C(=O)CN(c1ccc(C)cc1C)S(C)(=O)=O. The lowest BCUT2D eigenvalue weighted by Crippen LogP contribution is -2.52. The number of amides is 2. The zero-order valence-corrected chi connectivity index (χ0v) is 21.4. The van der Waals surface area contributed by atoms with E-state index in [0.29, 0.717) is 16.8 Å². The van der Waals surface area contributed by atoms with E-state index < -0.39 is 34.3 Å². The van der Waals surface area contributed by atoms with Crippen molar-refractivity contribution < 1.29 is 22.4 Å². The summed E-state index contributed by atoms with van der Waals surface area (Å²) in [6, 6.07) is 9.97. The Morgan fingerprint density at radius 2 is 1.68 bits per heavy atom. The molecule has 34 heavy (non-hydrogen) atoms. The average Bonchev–Trinajstić information content (AvgIpc) is 2.76. The predicted molar refractivity (Wildman–Crippen MR) is 132 cm³/mol. The molecule has 2 unspecified atom stereocenters. The van der Waals surface area contributed by atoms with Gasteiger partial charge in [0.15, 0.2) is 0 Å². The molecular weight excluding hydrogens is 457 g/mol. The molecule has 2 aromatic rings. The molecule has 0 saturated carbocycles. The second-order valence-corrected chi connectivity index (χ2v) is 10.6. The first-order valence-electron chi connectivity index (χ1n) is 11.2. The molecule has 0 heterocycles. The second kappa shape index (κ2) is 11.5. The third-order valence-electron chi connectivity index (χ3n) is 5.73. The van der Waals surface area contributed by atoms with Gasteiger partial charge in [0.2, 0.25) is 21.8 Å². The molecule has 2 aromatic carbocycles. The van der Waals surface area contributed by atoms with Crippen molar-refractivity contribution in [2.45, 2.75) is 59.7 Å². The Labute approximate surface area is 202 Å². The summed E-state index contributed by atoms with van der Waals surface area (Å²) in [4.78, 5) is 27.7. The molecule has 9 heteroatoms. The fourth-order valence-electron chi connectivity index (χ4n) is 3.51. The zero-order chi connectivity index (χ0) is 25.6. The monoisotopic (exact) mass is 491 g/mol. The molecule has 0 radical (unpaired) electrons. The smallest absolute Gasteiger partial charge is 0.244 e. The highest BCUT2D eigenvalue weighted by molar-refractivity contribution is 7.92. The molecule has 0 fully saturated rings. The number of carbonyl (C=O) groups excluding carboxylic acids is 2. The summed E-state index contributed by atoms with van der Waals surface area (Å²) < 4.78 is 39.7. The first-order chi connectivity index (χ1) is 15.8. The van der Waals surface area contributed by atoms with Gasteiger partial charge in [-0.05, 0) is 63.4 Å². The molecule has 1 N–H and O–H groups in total. The Morgan fingerprint density at radius 3 is 2.21 bits per heavy atom. The number of rotatable bonds is 10. The Morgan fingerprint density at radius 1 is 1.06 bits per heavy atom. The summed E-state index contributed by atoms with van der Waals surface area (Å²) in [5, 5.41) is 2.87. The second-order valence-electron chi connectivity index (χ2n) is 8.70. The molecule has 0 aromatic heterocycles. The fraction of sp³-hybridized carbons (Fsp3) is 0.440. The molecule has 2 atom stereocenters. The van der Waals surface area contributed by atoms with Gasteiger partial charge in [-0.25, -0.2) is 12.8 Å². The van der Waals surface area contributed by atoms with E-state index >= 15 is 0 Å². The van der Waals surface area contributed by atoms with Crippen LogP contribution in [0.15, 0.2) is 42.5 Å². The lowest BCUT2D eigenvalue weighted by atomic mass is 10.1. The summed E-state index contributed by atoms with van der Waals surface area (Å²) >= 11 is 0. The molecule has 2 amide bonds. The summed E-state index contributed by atoms with van der Waals surface area (Å²) in [6.07, 6.45) is 1.77. The van der Waals surface area contributed by atoms with Crippen LogP contribution < -0.4 is 9.62 Å². The van der Waals surface area contributed by atoms with Gasteiger partial charge in [-0.15, -0.1) is 0 Å². The summed E-state index contributed by atoms with van der Waals surface area (Å²) in [5.74, 6) is -1.30. The minimum absolute atomic E-state index is 0.0265. The summed E-state index contributed by atoms with van der Waals surface area (Å²) in [6.45, 7) is 8.64. The van der Waals surface area contributed by atoms with Crippen molar-refractivity contribution in [3.8, 4) is 0 Å². The number of benzene rings is 2. The molecule has 186 valence electrons. The predicted octanol–water partition coefficient (Wildman–Crippen LogP) is 3.54. The van der Waals surface area contributed by atoms with E-state index in [9.17, 15) is 22.4 Å². The molecule has 0 bridgehead atoms. The number of nitrogens with zero attached hydrogens (tertiary/aromatic N) is 2. The van der Waals surface area contributed by atoms with Crippen LogP contribution in [0.1, 0.15) is 43.9 Å². The van der Waals surface area contributed by atoms with Gasteiger partial charge in [0.05, 0.1) is 11.9 Å².